The third-order valence-electron chi connectivity index (χ3n) is 9.01. The molecule has 9 unspecified atom stereocenters. The van der Waals surface area contributed by atoms with Gasteiger partial charge in [-0.3, -0.25) is 25.1 Å². The first kappa shape index (κ1) is 25.6. The van der Waals surface area contributed by atoms with E-state index in [1.165, 1.54) is 0 Å². The van der Waals surface area contributed by atoms with E-state index in [2.05, 4.69) is 47.2 Å². The number of nitrogens with zero attached hydrogens (tertiary/aromatic N) is 1. The van der Waals surface area contributed by atoms with Crippen LogP contribution >= 0.6 is 0 Å². The third-order valence-corrected chi connectivity index (χ3v) is 9.01. The molecule has 1 aliphatic carbocycles. The molecular weight excluding hydrogens is 430 g/mol. The van der Waals surface area contributed by atoms with Crippen molar-refractivity contribution in [3.63, 3.8) is 0 Å². The van der Waals surface area contributed by atoms with Crippen molar-refractivity contribution in [1.82, 2.24) is 26.4 Å². The number of nitrogens with one attached hydrogen (secondary N) is 4. The van der Waals surface area contributed by atoms with Gasteiger partial charge < -0.3 is 10.6 Å². The lowest BCUT2D eigenvalue weighted by molar-refractivity contribution is -0.132. The van der Waals surface area contributed by atoms with E-state index in [9.17, 15) is 14.4 Å². The van der Waals surface area contributed by atoms with Crippen LogP contribution in [0.1, 0.15) is 73.1 Å². The Hall–Kier alpha value is -1.51. The van der Waals surface area contributed by atoms with Crippen molar-refractivity contribution in [1.29, 1.82) is 0 Å². The summed E-state index contributed by atoms with van der Waals surface area (Å²) < 4.78 is 0. The fourth-order valence-corrected chi connectivity index (χ4v) is 7.05. The molecular formula is C26H45N5O3. The minimum Gasteiger partial charge on any atom is -0.355 e. The van der Waals surface area contributed by atoms with Gasteiger partial charge in [-0.1, -0.05) is 13.3 Å². The third kappa shape index (κ3) is 5.34. The van der Waals surface area contributed by atoms with Crippen LogP contribution in [0, 0.1) is 35.5 Å². The van der Waals surface area contributed by atoms with Crippen LogP contribution < -0.4 is 21.4 Å². The number of amides is 2. The molecule has 1 saturated carbocycles. The van der Waals surface area contributed by atoms with E-state index < -0.39 is 0 Å². The molecule has 4 N–H and O–H groups in total. The van der Waals surface area contributed by atoms with Crippen molar-refractivity contribution in [2.24, 2.45) is 35.5 Å². The molecule has 9 atom stereocenters. The summed E-state index contributed by atoms with van der Waals surface area (Å²) >= 11 is 0. The largest absolute Gasteiger partial charge is 0.355 e. The number of fused-ring (bicyclic) bond motifs is 1. The second-order valence-corrected chi connectivity index (χ2v) is 11.8. The van der Waals surface area contributed by atoms with Gasteiger partial charge in [0, 0.05) is 49.0 Å². The van der Waals surface area contributed by atoms with Crippen molar-refractivity contribution >= 4 is 17.6 Å². The Kier molecular flexibility index (Phi) is 7.99. The molecule has 3 heterocycles. The van der Waals surface area contributed by atoms with Crippen LogP contribution in [0.25, 0.3) is 0 Å². The molecule has 4 aliphatic rings. The first-order valence-corrected chi connectivity index (χ1v) is 13.5. The lowest BCUT2D eigenvalue weighted by atomic mass is 9.70. The highest BCUT2D eigenvalue weighted by Crippen LogP contribution is 2.40. The molecule has 0 aromatic carbocycles. The number of piperidine rings is 2. The van der Waals surface area contributed by atoms with Gasteiger partial charge in [-0.15, -0.1) is 0 Å². The zero-order chi connectivity index (χ0) is 24.6. The minimum absolute atomic E-state index is 0.0543. The number of Topliss-reactive ketones (excluding diaryl/α,β-unsaturated/α-hetero) is 1. The van der Waals surface area contributed by atoms with Gasteiger partial charge in [-0.2, -0.15) is 0 Å². The average Bonchev–Trinajstić information content (AvgIpc) is 3.22. The van der Waals surface area contributed by atoms with E-state index in [4.69, 9.17) is 0 Å². The molecule has 0 radical (unpaired) electrons. The van der Waals surface area contributed by atoms with Crippen LogP contribution in [0.3, 0.4) is 0 Å². The molecule has 0 aromatic rings. The zero-order valence-corrected chi connectivity index (χ0v) is 21.6. The summed E-state index contributed by atoms with van der Waals surface area (Å²) in [5.41, 5.74) is 3.53. The van der Waals surface area contributed by atoms with Crippen LogP contribution in [0.2, 0.25) is 0 Å². The lowest BCUT2D eigenvalue weighted by Gasteiger charge is -2.46. The van der Waals surface area contributed by atoms with E-state index in [0.717, 1.165) is 45.1 Å². The number of ketones is 1. The molecule has 2 amide bonds. The van der Waals surface area contributed by atoms with Gasteiger partial charge in [-0.05, 0) is 71.6 Å². The highest BCUT2D eigenvalue weighted by atomic mass is 16.2. The normalized spacial score (nSPS) is 41.1. The predicted octanol–water partition coefficient (Wildman–Crippen LogP) is 1.81. The number of hydrogen-bond donors (Lipinski definition) is 4. The Labute approximate surface area is 204 Å². The Morgan fingerprint density at radius 2 is 1.91 bits per heavy atom. The van der Waals surface area contributed by atoms with Gasteiger partial charge in [0.05, 0.1) is 12.1 Å². The number of hydrogen-bond acceptors (Lipinski definition) is 6. The Balaban J connectivity index is 1.46. The van der Waals surface area contributed by atoms with Crippen LogP contribution in [-0.2, 0) is 14.4 Å². The second kappa shape index (κ2) is 10.6. The predicted molar refractivity (Wildman–Crippen MR) is 131 cm³/mol. The molecule has 8 nitrogen and oxygen atoms in total. The van der Waals surface area contributed by atoms with Crippen LogP contribution in [0.5, 0.6) is 0 Å². The van der Waals surface area contributed by atoms with Gasteiger partial charge in [-0.25, -0.2) is 5.01 Å². The first-order valence-electron chi connectivity index (χ1n) is 13.5. The topological polar surface area (TPSA) is 103 Å². The van der Waals surface area contributed by atoms with Crippen molar-refractivity contribution in [3.8, 4) is 0 Å². The molecule has 0 bridgehead atoms. The van der Waals surface area contributed by atoms with Gasteiger partial charge in [0.1, 0.15) is 5.78 Å². The van der Waals surface area contributed by atoms with Gasteiger partial charge in [0.25, 0.3) is 0 Å². The summed E-state index contributed by atoms with van der Waals surface area (Å²) in [7, 11) is 0. The summed E-state index contributed by atoms with van der Waals surface area (Å²) in [6.45, 7) is 11.4. The van der Waals surface area contributed by atoms with E-state index in [1.54, 1.807) is 6.92 Å². The molecule has 4 rings (SSSR count). The smallest absolute Gasteiger partial charge is 0.225 e. The number of carbonyl (C=O) groups is 3. The van der Waals surface area contributed by atoms with E-state index in [-0.39, 0.29) is 59.7 Å². The summed E-state index contributed by atoms with van der Waals surface area (Å²) in [4.78, 5) is 38.2. The maximum Gasteiger partial charge on any atom is 0.225 e. The van der Waals surface area contributed by atoms with Crippen molar-refractivity contribution < 1.29 is 14.4 Å². The molecule has 192 valence electrons. The monoisotopic (exact) mass is 475 g/mol. The zero-order valence-electron chi connectivity index (χ0n) is 21.6. The highest BCUT2D eigenvalue weighted by molar-refractivity contribution is 5.83. The second-order valence-electron chi connectivity index (χ2n) is 11.8. The van der Waals surface area contributed by atoms with Crippen molar-refractivity contribution in [2.45, 2.75) is 97.4 Å². The maximum atomic E-state index is 13.6. The van der Waals surface area contributed by atoms with Crippen molar-refractivity contribution in [2.75, 3.05) is 13.1 Å². The van der Waals surface area contributed by atoms with Crippen LogP contribution in [0.15, 0.2) is 0 Å². The van der Waals surface area contributed by atoms with E-state index in [0.29, 0.717) is 24.3 Å². The molecule has 34 heavy (non-hydrogen) atoms. The Bertz CT molecular complexity index is 774. The van der Waals surface area contributed by atoms with Crippen LogP contribution in [-0.4, -0.2) is 60.0 Å². The quantitative estimate of drug-likeness (QED) is 0.467. The highest BCUT2D eigenvalue weighted by Gasteiger charge is 2.49. The summed E-state index contributed by atoms with van der Waals surface area (Å²) in [6.07, 6.45) is 5.94. The van der Waals surface area contributed by atoms with E-state index in [1.807, 2.05) is 6.92 Å². The van der Waals surface area contributed by atoms with Gasteiger partial charge in [0.15, 0.2) is 0 Å². The molecule has 8 heteroatoms. The molecule has 3 saturated heterocycles. The van der Waals surface area contributed by atoms with Crippen molar-refractivity contribution in [3.05, 3.63) is 0 Å². The maximum absolute atomic E-state index is 13.6. The van der Waals surface area contributed by atoms with Gasteiger partial charge >= 0.3 is 0 Å². The SMILES string of the molecule is CC(=O)C1CCCC(C2CC(C(=O)NCC3C(=O)NC(C)CC3C)C3CNN(C(C)C)C3N2)C1. The van der Waals surface area contributed by atoms with Gasteiger partial charge in [0.2, 0.25) is 11.8 Å². The van der Waals surface area contributed by atoms with Crippen LogP contribution in [0.4, 0.5) is 0 Å². The first-order chi connectivity index (χ1) is 16.2. The molecule has 0 spiro atoms. The number of hydrazine groups is 1. The molecule has 3 aliphatic heterocycles. The fourth-order valence-electron chi connectivity index (χ4n) is 7.05. The number of rotatable bonds is 6. The van der Waals surface area contributed by atoms with E-state index >= 15 is 0 Å². The average molecular weight is 476 g/mol. The Morgan fingerprint density at radius 1 is 1.15 bits per heavy atom. The number of carbonyl (C=O) groups excluding carboxylic acids is 3. The summed E-state index contributed by atoms with van der Waals surface area (Å²) in [5, 5.41) is 12.4. The summed E-state index contributed by atoms with van der Waals surface area (Å²) in [6, 6.07) is 0.731. The minimum atomic E-state index is -0.169. The summed E-state index contributed by atoms with van der Waals surface area (Å²) in [5.74, 6) is 1.17. The lowest BCUT2D eigenvalue weighted by Crippen LogP contribution is -2.62. The fraction of sp³-hybridized carbons (Fsp3) is 0.885. The standard InChI is InChI=1S/C26H45N5O3/c1-14(2)31-24-22(13-28-31)20(11-23(30-24)19-8-6-7-18(10-19)17(5)32)25(33)27-12-21-15(3)9-16(4)29-26(21)34/h14-16,18-24,28,30H,6-13H2,1-5H3,(H,27,33)(H,29,34). The molecule has 0 aromatic heterocycles. The Morgan fingerprint density at radius 3 is 2.59 bits per heavy atom. The molecule has 4 fully saturated rings.